The van der Waals surface area contributed by atoms with Crippen molar-refractivity contribution in [3.8, 4) is 0 Å². The molecular weight excluding hydrogens is 894 g/mol. The molecule has 8 aromatic carbocycles. The van der Waals surface area contributed by atoms with Gasteiger partial charge >= 0.3 is 0 Å². The van der Waals surface area contributed by atoms with Crippen molar-refractivity contribution in [2.45, 2.75) is 104 Å². The maximum Gasteiger partial charge on any atom is 0.264 e. The first-order chi connectivity index (χ1) is 34.5. The van der Waals surface area contributed by atoms with Crippen molar-refractivity contribution < 1.29 is 4.42 Å². The number of nitrogens with zero attached hydrogens (tertiary/aromatic N) is 3. The molecule has 3 aliphatic rings. The third kappa shape index (κ3) is 6.85. The van der Waals surface area contributed by atoms with Crippen LogP contribution < -0.4 is 30.4 Å². The van der Waals surface area contributed by atoms with Crippen LogP contribution >= 0.6 is 11.3 Å². The van der Waals surface area contributed by atoms with Crippen LogP contribution in [-0.2, 0) is 21.7 Å². The Kier molecular flexibility index (Phi) is 9.81. The molecule has 2 aromatic heterocycles. The van der Waals surface area contributed by atoms with E-state index in [1.165, 1.54) is 77.2 Å². The Balaban J connectivity index is 1.21. The maximum atomic E-state index is 7.03. The molecule has 1 aliphatic carbocycles. The number of furan rings is 1. The average molecular weight is 956 g/mol. The van der Waals surface area contributed by atoms with Gasteiger partial charge in [-0.05, 0) is 147 Å². The van der Waals surface area contributed by atoms with Crippen LogP contribution in [0.15, 0.2) is 174 Å². The molecule has 0 N–H and O–H groups in total. The number of para-hydroxylation sites is 4. The first kappa shape index (κ1) is 44.9. The topological polar surface area (TPSA) is 22.9 Å². The molecule has 356 valence electrons. The number of thiophene rings is 1. The zero-order chi connectivity index (χ0) is 49.6. The Hall–Kier alpha value is -7.02. The summed E-state index contributed by atoms with van der Waals surface area (Å²) < 4.78 is 9.72. The Morgan fingerprint density at radius 3 is 1.82 bits per heavy atom. The first-order valence-corrected chi connectivity index (χ1v) is 26.7. The Labute approximate surface area is 429 Å². The lowest BCUT2D eigenvalue weighted by Crippen LogP contribution is -2.60. The van der Waals surface area contributed by atoms with Gasteiger partial charge in [0, 0.05) is 59.8 Å². The summed E-state index contributed by atoms with van der Waals surface area (Å²) in [7, 11) is 0. The zero-order valence-electron chi connectivity index (χ0n) is 43.3. The van der Waals surface area contributed by atoms with Crippen molar-refractivity contribution in [2.24, 2.45) is 0 Å². The lowest BCUT2D eigenvalue weighted by atomic mass is 9.36. The third-order valence-corrected chi connectivity index (χ3v) is 17.6. The molecule has 13 rings (SSSR count). The van der Waals surface area contributed by atoms with Crippen molar-refractivity contribution in [1.82, 2.24) is 0 Å². The second kappa shape index (κ2) is 15.7. The fourth-order valence-electron chi connectivity index (χ4n) is 12.3. The molecule has 0 bridgehead atoms. The zero-order valence-corrected chi connectivity index (χ0v) is 44.1. The highest BCUT2D eigenvalue weighted by Gasteiger charge is 2.47. The Morgan fingerprint density at radius 1 is 0.514 bits per heavy atom. The SMILES string of the molecule is CC(C)(C)c1ccc2c(c1)N(c1cccc3c1oc1ccccc13)c1cc(N(c3ccccc3)c3ccccc3)cc3c1B2c1sc2ccc(C(C)(C)C)cc2c1N3c1ccc2c(c1)C(C)(C)CCC2(C)C. The van der Waals surface area contributed by atoms with Crippen molar-refractivity contribution in [3.05, 3.63) is 192 Å². The number of anilines is 9. The lowest BCUT2D eigenvalue weighted by molar-refractivity contribution is 0.332. The Morgan fingerprint density at radius 2 is 1.12 bits per heavy atom. The molecule has 4 nitrogen and oxygen atoms in total. The van der Waals surface area contributed by atoms with Crippen LogP contribution in [0, 0.1) is 0 Å². The summed E-state index contributed by atoms with van der Waals surface area (Å²) in [6, 6.07) is 64.1. The van der Waals surface area contributed by atoms with E-state index in [9.17, 15) is 0 Å². The summed E-state index contributed by atoms with van der Waals surface area (Å²) >= 11 is 1.98. The molecule has 72 heavy (non-hydrogen) atoms. The molecule has 0 radical (unpaired) electrons. The van der Waals surface area contributed by atoms with Crippen LogP contribution in [0.3, 0.4) is 0 Å². The smallest absolute Gasteiger partial charge is 0.264 e. The molecule has 0 spiro atoms. The van der Waals surface area contributed by atoms with E-state index < -0.39 is 0 Å². The number of hydrogen-bond acceptors (Lipinski definition) is 5. The fourth-order valence-corrected chi connectivity index (χ4v) is 13.6. The van der Waals surface area contributed by atoms with E-state index in [4.69, 9.17) is 4.42 Å². The number of benzene rings is 8. The first-order valence-electron chi connectivity index (χ1n) is 25.9. The summed E-state index contributed by atoms with van der Waals surface area (Å²) in [5, 5.41) is 3.54. The number of rotatable bonds is 5. The van der Waals surface area contributed by atoms with Gasteiger partial charge in [0.15, 0.2) is 5.58 Å². The van der Waals surface area contributed by atoms with E-state index in [1.54, 1.807) is 0 Å². The van der Waals surface area contributed by atoms with Gasteiger partial charge in [-0.1, -0.05) is 160 Å². The molecule has 0 atom stereocenters. The molecule has 0 saturated carbocycles. The highest BCUT2D eigenvalue weighted by atomic mass is 32.1. The molecule has 4 heterocycles. The molecular formula is C66H62BN3OS. The van der Waals surface area contributed by atoms with E-state index in [-0.39, 0.29) is 28.4 Å². The van der Waals surface area contributed by atoms with Gasteiger partial charge in [-0.25, -0.2) is 0 Å². The van der Waals surface area contributed by atoms with E-state index in [0.29, 0.717) is 0 Å². The fraction of sp³-hybridized carbons (Fsp3) is 0.242. The second-order valence-corrected chi connectivity index (χ2v) is 25.1. The summed E-state index contributed by atoms with van der Waals surface area (Å²) in [6.07, 6.45) is 2.31. The minimum Gasteiger partial charge on any atom is -0.454 e. The predicted molar refractivity (Wildman–Crippen MR) is 310 cm³/mol. The van der Waals surface area contributed by atoms with Gasteiger partial charge < -0.3 is 19.1 Å². The molecule has 0 saturated heterocycles. The minimum atomic E-state index is -0.0962. The highest BCUT2D eigenvalue weighted by Crippen LogP contribution is 2.54. The number of fused-ring (bicyclic) bond motifs is 10. The molecule has 10 aromatic rings. The molecule has 2 aliphatic heterocycles. The van der Waals surface area contributed by atoms with Gasteiger partial charge in [0.2, 0.25) is 0 Å². The van der Waals surface area contributed by atoms with Crippen molar-refractivity contribution >= 4 is 117 Å². The number of hydrogen-bond donors (Lipinski definition) is 0. The van der Waals surface area contributed by atoms with Crippen LogP contribution in [-0.4, -0.2) is 6.71 Å². The van der Waals surface area contributed by atoms with Gasteiger partial charge in [0.1, 0.15) is 5.58 Å². The molecule has 0 amide bonds. The Bertz CT molecular complexity index is 3770. The van der Waals surface area contributed by atoms with E-state index in [2.05, 4.69) is 254 Å². The average Bonchev–Trinajstić information content (AvgIpc) is 3.94. The third-order valence-electron chi connectivity index (χ3n) is 16.4. The largest absolute Gasteiger partial charge is 0.454 e. The van der Waals surface area contributed by atoms with Crippen LogP contribution in [0.4, 0.5) is 51.2 Å². The predicted octanol–water partition coefficient (Wildman–Crippen LogP) is 17.3. The van der Waals surface area contributed by atoms with Crippen molar-refractivity contribution in [2.75, 3.05) is 14.7 Å². The van der Waals surface area contributed by atoms with Crippen LogP contribution in [0.2, 0.25) is 0 Å². The van der Waals surface area contributed by atoms with Crippen LogP contribution in [0.1, 0.15) is 104 Å². The van der Waals surface area contributed by atoms with Gasteiger partial charge in [-0.15, -0.1) is 11.3 Å². The maximum absolute atomic E-state index is 7.03. The lowest BCUT2D eigenvalue weighted by Gasteiger charge is -2.45. The quantitative estimate of drug-likeness (QED) is 0.160. The monoisotopic (exact) mass is 955 g/mol. The summed E-state index contributed by atoms with van der Waals surface area (Å²) in [4.78, 5) is 7.69. The minimum absolute atomic E-state index is 0.0165. The van der Waals surface area contributed by atoms with E-state index in [1.807, 2.05) is 11.3 Å². The highest BCUT2D eigenvalue weighted by molar-refractivity contribution is 7.33. The van der Waals surface area contributed by atoms with Gasteiger partial charge in [-0.2, -0.15) is 0 Å². The van der Waals surface area contributed by atoms with Gasteiger partial charge in [-0.3, -0.25) is 0 Å². The second-order valence-electron chi connectivity index (χ2n) is 24.1. The van der Waals surface area contributed by atoms with Crippen LogP contribution in [0.5, 0.6) is 0 Å². The van der Waals surface area contributed by atoms with E-state index in [0.717, 1.165) is 56.8 Å². The normalized spacial score (nSPS) is 15.7. The van der Waals surface area contributed by atoms with E-state index >= 15 is 0 Å². The van der Waals surface area contributed by atoms with Crippen molar-refractivity contribution in [3.63, 3.8) is 0 Å². The molecule has 6 heteroatoms. The van der Waals surface area contributed by atoms with Gasteiger partial charge in [0.05, 0.1) is 17.1 Å². The summed E-state index contributed by atoms with van der Waals surface area (Å²) in [5.41, 5.74) is 20.2. The van der Waals surface area contributed by atoms with Crippen molar-refractivity contribution in [1.29, 1.82) is 0 Å². The summed E-state index contributed by atoms with van der Waals surface area (Å²) in [6.45, 7) is 23.8. The summed E-state index contributed by atoms with van der Waals surface area (Å²) in [5.74, 6) is 0. The molecule has 0 unspecified atom stereocenters. The molecule has 0 fully saturated rings. The standard InChI is InChI=1S/C66H62BN3OS/c1-63(2,3)41-29-33-58-49(36-41)60-62(72-58)67-52-32-28-42(64(4,5)6)37-54(52)70(53-26-19-25-48-47-24-17-18-27-57(47)71-61(48)53)56-40-46(68(43-20-13-11-14-21-43)44-22-15-12-16-23-44)39-55(59(56)67)69(60)45-30-31-50-51(38-45)66(9,10)35-34-65(50,7)8/h11-33,36-40H,34-35H2,1-10H3. The van der Waals surface area contributed by atoms with Crippen LogP contribution in [0.25, 0.3) is 32.0 Å². The van der Waals surface area contributed by atoms with Gasteiger partial charge in [0.25, 0.3) is 6.71 Å².